The quantitative estimate of drug-likeness (QED) is 0.729. The van der Waals surface area contributed by atoms with Gasteiger partial charge in [-0.15, -0.1) is 0 Å². The minimum atomic E-state index is -0.428. The fourth-order valence-corrected chi connectivity index (χ4v) is 4.26. The first kappa shape index (κ1) is 21.3. The summed E-state index contributed by atoms with van der Waals surface area (Å²) in [7, 11) is 0. The maximum absolute atomic E-state index is 12.6. The summed E-state index contributed by atoms with van der Waals surface area (Å²) < 4.78 is 5.00. The molecule has 1 amide bonds. The minimum absolute atomic E-state index is 0.268. The largest absolute Gasteiger partial charge is 0.462 e. The fraction of sp³-hybridized carbons (Fsp3) is 0.409. The van der Waals surface area contributed by atoms with E-state index in [1.54, 1.807) is 26.0 Å². The van der Waals surface area contributed by atoms with Gasteiger partial charge in [0.15, 0.2) is 0 Å². The van der Waals surface area contributed by atoms with Crippen LogP contribution in [0.1, 0.15) is 44.6 Å². The molecule has 0 bridgehead atoms. The number of carbonyl (C=O) groups is 2. The molecule has 1 aliphatic rings. The number of aryl methyl sites for hydroxylation is 2. The van der Waals surface area contributed by atoms with E-state index in [4.69, 9.17) is 4.74 Å². The van der Waals surface area contributed by atoms with Crippen LogP contribution in [0.2, 0.25) is 0 Å². The summed E-state index contributed by atoms with van der Waals surface area (Å²) >= 11 is 2.00. The lowest BCUT2D eigenvalue weighted by Crippen LogP contribution is -2.31. The van der Waals surface area contributed by atoms with Crippen molar-refractivity contribution in [2.24, 2.45) is 0 Å². The smallest absolute Gasteiger partial charge is 0.339 e. The van der Waals surface area contributed by atoms with Gasteiger partial charge in [0.25, 0.3) is 5.91 Å². The highest BCUT2D eigenvalue weighted by Crippen LogP contribution is 2.20. The molecule has 1 saturated heterocycles. The van der Waals surface area contributed by atoms with Crippen LogP contribution in [0, 0.1) is 13.8 Å². The monoisotopic (exact) mass is 413 g/mol. The summed E-state index contributed by atoms with van der Waals surface area (Å²) in [5, 5.41) is 2.92. The Bertz CT molecular complexity index is 895. The van der Waals surface area contributed by atoms with E-state index < -0.39 is 5.97 Å². The molecule has 29 heavy (non-hydrogen) atoms. The summed E-state index contributed by atoms with van der Waals surface area (Å²) in [4.78, 5) is 31.3. The van der Waals surface area contributed by atoms with Crippen molar-refractivity contribution in [2.75, 3.05) is 36.5 Å². The minimum Gasteiger partial charge on any atom is -0.462 e. The van der Waals surface area contributed by atoms with E-state index in [1.165, 1.54) is 17.1 Å². The predicted octanol–water partition coefficient (Wildman–Crippen LogP) is 3.68. The number of hydrogen-bond donors (Lipinski definition) is 1. The van der Waals surface area contributed by atoms with Crippen LogP contribution in [0.3, 0.4) is 0 Å². The molecular formula is C22H27N3O3S. The van der Waals surface area contributed by atoms with E-state index in [0.717, 1.165) is 30.9 Å². The lowest BCUT2D eigenvalue weighted by Gasteiger charge is -2.26. The van der Waals surface area contributed by atoms with Crippen LogP contribution in [0.5, 0.6) is 0 Å². The molecular weight excluding hydrogens is 386 g/mol. The first-order chi connectivity index (χ1) is 14.0. The first-order valence-electron chi connectivity index (χ1n) is 9.83. The third-order valence-electron chi connectivity index (χ3n) is 4.86. The molecule has 7 heteroatoms. The molecule has 0 saturated carbocycles. The summed E-state index contributed by atoms with van der Waals surface area (Å²) in [5.41, 5.74) is 4.15. The maximum Gasteiger partial charge on any atom is 0.339 e. The van der Waals surface area contributed by atoms with Gasteiger partial charge < -0.3 is 10.1 Å². The number of anilines is 1. The molecule has 1 fully saturated rings. The fourth-order valence-electron chi connectivity index (χ4n) is 3.28. The van der Waals surface area contributed by atoms with Crippen molar-refractivity contribution in [3.8, 4) is 0 Å². The van der Waals surface area contributed by atoms with Gasteiger partial charge in [-0.05, 0) is 50.1 Å². The van der Waals surface area contributed by atoms with E-state index >= 15 is 0 Å². The predicted molar refractivity (Wildman–Crippen MR) is 117 cm³/mol. The molecule has 0 radical (unpaired) electrons. The number of rotatable bonds is 6. The van der Waals surface area contributed by atoms with Crippen LogP contribution in [0.4, 0.5) is 5.69 Å². The molecule has 2 aromatic rings. The standard InChI is InChI=1S/C22H27N3O3S/c1-4-28-22(27)18-6-8-20(23-16(18)3)21(26)24-19-7-5-17(13-15(19)2)14-25-9-11-29-12-10-25/h5-8,13H,4,9-12,14H2,1-3H3,(H,24,26). The zero-order chi connectivity index (χ0) is 20.8. The van der Waals surface area contributed by atoms with E-state index in [-0.39, 0.29) is 11.6 Å². The van der Waals surface area contributed by atoms with Crippen LogP contribution >= 0.6 is 11.8 Å². The molecule has 2 heterocycles. The van der Waals surface area contributed by atoms with E-state index in [2.05, 4.69) is 27.3 Å². The number of nitrogens with zero attached hydrogens (tertiary/aromatic N) is 2. The lowest BCUT2D eigenvalue weighted by molar-refractivity contribution is 0.0524. The molecule has 1 N–H and O–H groups in total. The molecule has 1 aromatic carbocycles. The summed E-state index contributed by atoms with van der Waals surface area (Å²) in [6.45, 7) is 8.92. The van der Waals surface area contributed by atoms with Crippen molar-refractivity contribution < 1.29 is 14.3 Å². The Morgan fingerprint density at radius 2 is 1.93 bits per heavy atom. The van der Waals surface area contributed by atoms with Crippen molar-refractivity contribution in [1.29, 1.82) is 0 Å². The number of ether oxygens (including phenoxy) is 1. The number of pyridine rings is 1. The topological polar surface area (TPSA) is 71.5 Å². The Balaban J connectivity index is 1.67. The van der Waals surface area contributed by atoms with Gasteiger partial charge in [0.2, 0.25) is 0 Å². The average Bonchev–Trinajstić information content (AvgIpc) is 2.70. The van der Waals surface area contributed by atoms with Crippen LogP contribution in [-0.2, 0) is 11.3 Å². The third kappa shape index (κ3) is 5.58. The molecule has 0 atom stereocenters. The number of benzene rings is 1. The highest BCUT2D eigenvalue weighted by Gasteiger charge is 2.16. The van der Waals surface area contributed by atoms with Gasteiger partial charge in [-0.25, -0.2) is 9.78 Å². The van der Waals surface area contributed by atoms with Gasteiger partial charge in [0.1, 0.15) is 5.69 Å². The first-order valence-corrected chi connectivity index (χ1v) is 11.0. The maximum atomic E-state index is 12.6. The Morgan fingerprint density at radius 3 is 2.59 bits per heavy atom. The molecule has 6 nitrogen and oxygen atoms in total. The highest BCUT2D eigenvalue weighted by molar-refractivity contribution is 7.99. The summed E-state index contributed by atoms with van der Waals surface area (Å²) in [5.74, 6) is 1.65. The van der Waals surface area contributed by atoms with Crippen molar-refractivity contribution in [3.05, 3.63) is 58.4 Å². The van der Waals surface area contributed by atoms with Crippen molar-refractivity contribution in [1.82, 2.24) is 9.88 Å². The number of amides is 1. The van der Waals surface area contributed by atoms with Gasteiger partial charge in [-0.1, -0.05) is 12.1 Å². The number of carbonyl (C=O) groups excluding carboxylic acids is 2. The summed E-state index contributed by atoms with van der Waals surface area (Å²) in [6, 6.07) is 9.27. The van der Waals surface area contributed by atoms with Crippen LogP contribution in [-0.4, -0.2) is 53.0 Å². The Hall–Kier alpha value is -2.38. The molecule has 0 spiro atoms. The van der Waals surface area contributed by atoms with Crippen molar-refractivity contribution in [3.63, 3.8) is 0 Å². The second-order valence-electron chi connectivity index (χ2n) is 7.04. The number of esters is 1. The van der Waals surface area contributed by atoms with Crippen molar-refractivity contribution >= 4 is 29.3 Å². The summed E-state index contributed by atoms with van der Waals surface area (Å²) in [6.07, 6.45) is 0. The molecule has 0 unspecified atom stereocenters. The highest BCUT2D eigenvalue weighted by atomic mass is 32.2. The number of hydrogen-bond acceptors (Lipinski definition) is 6. The van der Waals surface area contributed by atoms with E-state index in [0.29, 0.717) is 17.9 Å². The number of aromatic nitrogens is 1. The molecule has 3 rings (SSSR count). The SMILES string of the molecule is CCOC(=O)c1ccc(C(=O)Nc2ccc(CN3CCSCC3)cc2C)nc1C. The van der Waals surface area contributed by atoms with Gasteiger partial charge in [0.05, 0.1) is 17.9 Å². The lowest BCUT2D eigenvalue weighted by atomic mass is 10.1. The molecule has 154 valence electrons. The second-order valence-corrected chi connectivity index (χ2v) is 8.27. The van der Waals surface area contributed by atoms with Gasteiger partial charge in [-0.2, -0.15) is 11.8 Å². The zero-order valence-corrected chi connectivity index (χ0v) is 18.0. The van der Waals surface area contributed by atoms with Crippen molar-refractivity contribution in [2.45, 2.75) is 27.3 Å². The number of thioether (sulfide) groups is 1. The van der Waals surface area contributed by atoms with Gasteiger partial charge in [-0.3, -0.25) is 9.69 Å². The van der Waals surface area contributed by atoms with E-state index in [1.807, 2.05) is 24.8 Å². The van der Waals surface area contributed by atoms with E-state index in [9.17, 15) is 9.59 Å². The number of nitrogens with one attached hydrogen (secondary N) is 1. The Kier molecular flexibility index (Phi) is 7.28. The molecule has 1 aromatic heterocycles. The normalized spacial score (nSPS) is 14.4. The van der Waals surface area contributed by atoms with Crippen LogP contribution in [0.25, 0.3) is 0 Å². The molecule has 0 aliphatic carbocycles. The second kappa shape index (κ2) is 9.89. The van der Waals surface area contributed by atoms with Gasteiger partial charge in [0, 0.05) is 36.8 Å². The average molecular weight is 414 g/mol. The third-order valence-corrected chi connectivity index (χ3v) is 5.81. The Morgan fingerprint density at radius 1 is 1.17 bits per heavy atom. The zero-order valence-electron chi connectivity index (χ0n) is 17.2. The Labute approximate surface area is 176 Å². The van der Waals surface area contributed by atoms with Gasteiger partial charge >= 0.3 is 5.97 Å². The molecule has 1 aliphatic heterocycles. The van der Waals surface area contributed by atoms with Crippen LogP contribution in [0.15, 0.2) is 30.3 Å². The van der Waals surface area contributed by atoms with Crippen LogP contribution < -0.4 is 5.32 Å².